The maximum atomic E-state index is 13.0. The van der Waals surface area contributed by atoms with Crippen LogP contribution in [-0.4, -0.2) is 43.3 Å². The average Bonchev–Trinajstić information content (AvgIpc) is 3.25. The molecule has 0 aliphatic rings. The number of amides is 1. The van der Waals surface area contributed by atoms with Gasteiger partial charge < -0.3 is 9.47 Å². The van der Waals surface area contributed by atoms with E-state index in [1.807, 2.05) is 20.8 Å². The topological polar surface area (TPSA) is 112 Å². The molecule has 10 heteroatoms. The lowest BCUT2D eigenvalue weighted by molar-refractivity contribution is 0.0981. The van der Waals surface area contributed by atoms with Crippen LogP contribution in [-0.2, 0) is 22.0 Å². The summed E-state index contributed by atoms with van der Waals surface area (Å²) in [6.45, 7) is 6.17. The number of ether oxygens (including phenoxy) is 2. The molecule has 0 bridgehead atoms. The first kappa shape index (κ1) is 23.3. The molecule has 0 fully saturated rings. The van der Waals surface area contributed by atoms with Crippen molar-refractivity contribution in [2.75, 3.05) is 14.2 Å². The lowest BCUT2D eigenvalue weighted by Crippen LogP contribution is -2.32. The number of carbonyl (C=O) groups excluding carboxylic acids is 1. The van der Waals surface area contributed by atoms with Crippen molar-refractivity contribution in [1.82, 2.24) is 19.5 Å². The third-order valence-corrected chi connectivity index (χ3v) is 5.99. The summed E-state index contributed by atoms with van der Waals surface area (Å²) in [6, 6.07) is 9.74. The predicted molar refractivity (Wildman–Crippen MR) is 118 cm³/mol. The van der Waals surface area contributed by atoms with E-state index in [0.717, 1.165) is 5.56 Å². The summed E-state index contributed by atoms with van der Waals surface area (Å²) >= 11 is 0. The zero-order chi connectivity index (χ0) is 23.5. The molecule has 0 atom stereocenters. The van der Waals surface area contributed by atoms with Gasteiger partial charge in [0.25, 0.3) is 15.9 Å². The molecule has 3 rings (SSSR count). The average molecular weight is 459 g/mol. The van der Waals surface area contributed by atoms with Crippen LogP contribution < -0.4 is 14.2 Å². The first-order chi connectivity index (χ1) is 15.0. The summed E-state index contributed by atoms with van der Waals surface area (Å²) in [5.74, 6) is -0.319. The fourth-order valence-corrected chi connectivity index (χ4v) is 4.10. The number of benzene rings is 1. The van der Waals surface area contributed by atoms with Gasteiger partial charge in [0.2, 0.25) is 5.03 Å². The van der Waals surface area contributed by atoms with E-state index in [4.69, 9.17) is 9.47 Å². The Hall–Kier alpha value is -3.40. The molecule has 1 aromatic carbocycles. The van der Waals surface area contributed by atoms with E-state index in [9.17, 15) is 13.2 Å². The van der Waals surface area contributed by atoms with Crippen molar-refractivity contribution in [1.29, 1.82) is 0 Å². The molecular weight excluding hydrogens is 432 g/mol. The minimum absolute atomic E-state index is 0.0467. The fraction of sp³-hybridized carbons (Fsp3) is 0.318. The summed E-state index contributed by atoms with van der Waals surface area (Å²) in [4.78, 5) is 17.0. The van der Waals surface area contributed by atoms with Crippen molar-refractivity contribution in [3.05, 3.63) is 65.6 Å². The Morgan fingerprint density at radius 2 is 1.81 bits per heavy atom. The molecule has 9 nitrogen and oxygen atoms in total. The first-order valence-corrected chi connectivity index (χ1v) is 11.3. The van der Waals surface area contributed by atoms with E-state index in [0.29, 0.717) is 18.0 Å². The van der Waals surface area contributed by atoms with Crippen molar-refractivity contribution in [3.63, 3.8) is 0 Å². The van der Waals surface area contributed by atoms with Crippen LogP contribution in [0.5, 0.6) is 11.5 Å². The number of aromatic nitrogens is 3. The SMILES string of the molecule is COc1cc(C(=O)NS(=O)(=O)c2nc(C(C)(C)C)ccc2OC)ccc1Cn1cccn1. The number of hydrogen-bond donors (Lipinski definition) is 1. The second-order valence-corrected chi connectivity index (χ2v) is 9.72. The number of carbonyl (C=O) groups is 1. The predicted octanol–water partition coefficient (Wildman–Crippen LogP) is 2.76. The monoisotopic (exact) mass is 458 g/mol. The second kappa shape index (κ2) is 8.99. The van der Waals surface area contributed by atoms with Gasteiger partial charge >= 0.3 is 0 Å². The van der Waals surface area contributed by atoms with Crippen LogP contribution in [0.2, 0.25) is 0 Å². The van der Waals surface area contributed by atoms with E-state index in [-0.39, 0.29) is 16.3 Å². The van der Waals surface area contributed by atoms with Gasteiger partial charge in [0, 0.05) is 34.6 Å². The molecule has 1 N–H and O–H groups in total. The van der Waals surface area contributed by atoms with E-state index in [1.54, 1.807) is 35.3 Å². The third kappa shape index (κ3) is 5.08. The Morgan fingerprint density at radius 3 is 2.41 bits per heavy atom. The highest BCUT2D eigenvalue weighted by atomic mass is 32.2. The van der Waals surface area contributed by atoms with Crippen LogP contribution in [0.3, 0.4) is 0 Å². The number of nitrogens with one attached hydrogen (secondary N) is 1. The zero-order valence-electron chi connectivity index (χ0n) is 18.6. The molecule has 170 valence electrons. The zero-order valence-corrected chi connectivity index (χ0v) is 19.4. The molecule has 32 heavy (non-hydrogen) atoms. The summed E-state index contributed by atoms with van der Waals surface area (Å²) in [5, 5.41) is 3.81. The summed E-state index contributed by atoms with van der Waals surface area (Å²) in [7, 11) is -1.47. The molecule has 0 unspecified atom stereocenters. The van der Waals surface area contributed by atoms with Gasteiger partial charge in [-0.15, -0.1) is 0 Å². The fourth-order valence-electron chi connectivity index (χ4n) is 3.01. The van der Waals surface area contributed by atoms with Gasteiger partial charge in [-0.3, -0.25) is 9.48 Å². The number of nitrogens with zero attached hydrogens (tertiary/aromatic N) is 3. The molecule has 0 aliphatic carbocycles. The normalized spacial score (nSPS) is 11.8. The van der Waals surface area contributed by atoms with Gasteiger partial charge in [-0.25, -0.2) is 9.71 Å². The van der Waals surface area contributed by atoms with Crippen molar-refractivity contribution >= 4 is 15.9 Å². The van der Waals surface area contributed by atoms with E-state index >= 15 is 0 Å². The van der Waals surface area contributed by atoms with Gasteiger partial charge in [-0.2, -0.15) is 13.5 Å². The number of hydrogen-bond acceptors (Lipinski definition) is 7. The van der Waals surface area contributed by atoms with E-state index in [1.165, 1.54) is 32.4 Å². The van der Waals surface area contributed by atoms with E-state index < -0.39 is 21.3 Å². The summed E-state index contributed by atoms with van der Waals surface area (Å²) in [6.07, 6.45) is 3.47. The third-order valence-electron chi connectivity index (χ3n) is 4.74. The van der Waals surface area contributed by atoms with Crippen molar-refractivity contribution in [2.45, 2.75) is 37.8 Å². The Balaban J connectivity index is 1.89. The molecule has 2 aromatic heterocycles. The Kier molecular flexibility index (Phi) is 6.54. The van der Waals surface area contributed by atoms with Crippen LogP contribution in [0.1, 0.15) is 42.4 Å². The highest BCUT2D eigenvalue weighted by Gasteiger charge is 2.27. The molecule has 0 saturated heterocycles. The van der Waals surface area contributed by atoms with Gasteiger partial charge in [-0.1, -0.05) is 26.8 Å². The van der Waals surface area contributed by atoms with E-state index in [2.05, 4.69) is 14.8 Å². The summed E-state index contributed by atoms with van der Waals surface area (Å²) in [5.41, 5.74) is 1.08. The molecule has 3 aromatic rings. The molecule has 0 saturated carbocycles. The van der Waals surface area contributed by atoms with Gasteiger partial charge in [0.1, 0.15) is 5.75 Å². The molecular formula is C22H26N4O5S. The Labute approximate surface area is 187 Å². The maximum absolute atomic E-state index is 13.0. The maximum Gasteiger partial charge on any atom is 0.285 e. The van der Waals surface area contributed by atoms with Gasteiger partial charge in [0.15, 0.2) is 5.75 Å². The van der Waals surface area contributed by atoms with Crippen LogP contribution in [0, 0.1) is 0 Å². The molecule has 0 radical (unpaired) electrons. The quantitative estimate of drug-likeness (QED) is 0.579. The molecule has 1 amide bonds. The largest absolute Gasteiger partial charge is 0.496 e. The Morgan fingerprint density at radius 1 is 1.09 bits per heavy atom. The van der Waals surface area contributed by atoms with Crippen LogP contribution in [0.4, 0.5) is 0 Å². The Bertz CT molecular complexity index is 1220. The minimum atomic E-state index is -4.29. The lowest BCUT2D eigenvalue weighted by Gasteiger charge is -2.19. The molecule has 0 spiro atoms. The minimum Gasteiger partial charge on any atom is -0.496 e. The van der Waals surface area contributed by atoms with Gasteiger partial charge in [-0.05, 0) is 30.3 Å². The standard InChI is InChI=1S/C22H26N4O5S/c1-22(2,3)19-10-9-17(30-4)21(24-19)32(28,29)25-20(27)15-7-8-16(18(13-15)31-5)14-26-12-6-11-23-26/h6-13H,14H2,1-5H3,(H,25,27). The van der Waals surface area contributed by atoms with Crippen LogP contribution >= 0.6 is 0 Å². The highest BCUT2D eigenvalue weighted by molar-refractivity contribution is 7.90. The van der Waals surface area contributed by atoms with Crippen molar-refractivity contribution in [3.8, 4) is 11.5 Å². The number of sulfonamides is 1. The van der Waals surface area contributed by atoms with Crippen molar-refractivity contribution in [2.24, 2.45) is 0 Å². The number of methoxy groups -OCH3 is 2. The highest BCUT2D eigenvalue weighted by Crippen LogP contribution is 2.28. The van der Waals surface area contributed by atoms with Crippen LogP contribution in [0.25, 0.3) is 0 Å². The molecule has 2 heterocycles. The first-order valence-electron chi connectivity index (χ1n) is 9.82. The molecule has 0 aliphatic heterocycles. The lowest BCUT2D eigenvalue weighted by atomic mass is 9.92. The van der Waals surface area contributed by atoms with Crippen molar-refractivity contribution < 1.29 is 22.7 Å². The summed E-state index contributed by atoms with van der Waals surface area (Å²) < 4.78 is 40.3. The smallest absolute Gasteiger partial charge is 0.285 e. The van der Waals surface area contributed by atoms with Crippen LogP contribution in [0.15, 0.2) is 53.8 Å². The van der Waals surface area contributed by atoms with Gasteiger partial charge in [0.05, 0.1) is 20.8 Å². The second-order valence-electron chi connectivity index (χ2n) is 8.12. The number of pyridine rings is 1. The number of rotatable bonds is 7.